The molecule has 0 amide bonds. The van der Waals surface area contributed by atoms with Crippen molar-refractivity contribution in [1.82, 2.24) is 9.38 Å². The summed E-state index contributed by atoms with van der Waals surface area (Å²) in [4.78, 5) is 4.74. The lowest BCUT2D eigenvalue weighted by Crippen LogP contribution is -2.31. The summed E-state index contributed by atoms with van der Waals surface area (Å²) < 4.78 is 4.35. The molecule has 0 aliphatic carbocycles. The lowest BCUT2D eigenvalue weighted by atomic mass is 10.0. The first kappa shape index (κ1) is 13.0. The molecule has 0 saturated carbocycles. The molecule has 0 atom stereocenters. The van der Waals surface area contributed by atoms with E-state index in [2.05, 4.69) is 66.5 Å². The van der Waals surface area contributed by atoms with E-state index in [0.717, 1.165) is 16.7 Å². The van der Waals surface area contributed by atoms with Crippen LogP contribution in [0.3, 0.4) is 0 Å². The van der Waals surface area contributed by atoms with Crippen LogP contribution in [0.2, 0.25) is 0 Å². The molecule has 4 rings (SSSR count). The molecule has 3 nitrogen and oxygen atoms in total. The van der Waals surface area contributed by atoms with Gasteiger partial charge in [0, 0.05) is 12.3 Å². The first-order valence-corrected chi connectivity index (χ1v) is 7.48. The van der Waals surface area contributed by atoms with Crippen LogP contribution in [0.1, 0.15) is 11.1 Å². The molecule has 0 bridgehead atoms. The summed E-state index contributed by atoms with van der Waals surface area (Å²) in [5.41, 5.74) is 8.20. The highest BCUT2D eigenvalue weighted by Crippen LogP contribution is 2.28. The smallest absolute Gasteiger partial charge is 0.239 e. The van der Waals surface area contributed by atoms with Crippen molar-refractivity contribution < 1.29 is 4.57 Å². The third-order valence-electron chi connectivity index (χ3n) is 4.23. The standard InChI is InChI=1S/C19H18N3/c1-13-7-8-15(14(2)12-13)18-19-16(9-11-21(18)3)20-17-6-4-5-10-22(17)19/h4-12H,1-3H3/q+1. The Balaban J connectivity index is 2.18. The Labute approximate surface area is 129 Å². The van der Waals surface area contributed by atoms with Crippen molar-refractivity contribution in [1.29, 1.82) is 0 Å². The average Bonchev–Trinajstić information content (AvgIpc) is 2.87. The molecule has 3 heterocycles. The molecule has 1 aromatic carbocycles. The van der Waals surface area contributed by atoms with Crippen LogP contribution in [0.4, 0.5) is 0 Å². The molecule has 0 unspecified atom stereocenters. The topological polar surface area (TPSA) is 21.2 Å². The van der Waals surface area contributed by atoms with Crippen molar-refractivity contribution in [2.24, 2.45) is 7.05 Å². The van der Waals surface area contributed by atoms with Gasteiger partial charge in [-0.05, 0) is 37.6 Å². The average molecular weight is 288 g/mol. The minimum absolute atomic E-state index is 0.981. The van der Waals surface area contributed by atoms with Crippen LogP contribution in [0, 0.1) is 13.8 Å². The first-order chi connectivity index (χ1) is 10.6. The molecular weight excluding hydrogens is 270 g/mol. The summed E-state index contributed by atoms with van der Waals surface area (Å²) in [6.07, 6.45) is 4.17. The Hall–Kier alpha value is -2.68. The summed E-state index contributed by atoms with van der Waals surface area (Å²) >= 11 is 0. The van der Waals surface area contributed by atoms with Gasteiger partial charge in [-0.3, -0.25) is 4.40 Å². The van der Waals surface area contributed by atoms with Gasteiger partial charge in [0.25, 0.3) is 0 Å². The molecule has 0 aliphatic heterocycles. The van der Waals surface area contributed by atoms with Gasteiger partial charge in [-0.2, -0.15) is 4.57 Å². The fraction of sp³-hybridized carbons (Fsp3) is 0.158. The molecule has 3 aromatic heterocycles. The van der Waals surface area contributed by atoms with Crippen LogP contribution in [0.5, 0.6) is 0 Å². The van der Waals surface area contributed by atoms with Crippen LogP contribution in [0.15, 0.2) is 54.9 Å². The second-order valence-electron chi connectivity index (χ2n) is 5.87. The number of aromatic nitrogens is 3. The summed E-state index contributed by atoms with van der Waals surface area (Å²) in [7, 11) is 2.09. The van der Waals surface area contributed by atoms with Gasteiger partial charge in [-0.1, -0.05) is 23.8 Å². The van der Waals surface area contributed by atoms with E-state index < -0.39 is 0 Å². The van der Waals surface area contributed by atoms with E-state index in [-0.39, 0.29) is 0 Å². The Morgan fingerprint density at radius 2 is 1.91 bits per heavy atom. The van der Waals surface area contributed by atoms with Crippen LogP contribution < -0.4 is 4.57 Å². The van der Waals surface area contributed by atoms with Gasteiger partial charge >= 0.3 is 0 Å². The minimum atomic E-state index is 0.981. The largest absolute Gasteiger partial charge is 0.294 e. The minimum Gasteiger partial charge on any atom is -0.294 e. The SMILES string of the molecule is Cc1ccc(-c2c3c(cc[n+]2C)nc2ccccn23)c(C)c1. The molecule has 0 N–H and O–H groups in total. The number of fused-ring (bicyclic) bond motifs is 3. The predicted molar refractivity (Wildman–Crippen MR) is 88.8 cm³/mol. The van der Waals surface area contributed by atoms with Crippen LogP contribution in [-0.2, 0) is 7.05 Å². The molecule has 22 heavy (non-hydrogen) atoms. The highest BCUT2D eigenvalue weighted by atomic mass is 15.0. The number of imidazole rings is 1. The maximum atomic E-state index is 4.74. The Morgan fingerprint density at radius 1 is 1.05 bits per heavy atom. The van der Waals surface area contributed by atoms with E-state index in [0.29, 0.717) is 0 Å². The summed E-state index contributed by atoms with van der Waals surface area (Å²) in [6.45, 7) is 4.30. The summed E-state index contributed by atoms with van der Waals surface area (Å²) in [5, 5.41) is 0. The molecule has 0 aliphatic rings. The fourth-order valence-electron chi connectivity index (χ4n) is 3.19. The van der Waals surface area contributed by atoms with E-state index in [1.54, 1.807) is 0 Å². The molecule has 0 spiro atoms. The highest BCUT2D eigenvalue weighted by molar-refractivity contribution is 5.91. The maximum Gasteiger partial charge on any atom is 0.239 e. The highest BCUT2D eigenvalue weighted by Gasteiger charge is 2.20. The molecule has 0 fully saturated rings. The second kappa shape index (κ2) is 4.67. The van der Waals surface area contributed by atoms with Crippen molar-refractivity contribution in [2.75, 3.05) is 0 Å². The van der Waals surface area contributed by atoms with E-state index >= 15 is 0 Å². The third-order valence-corrected chi connectivity index (χ3v) is 4.23. The predicted octanol–water partition coefficient (Wildman–Crippen LogP) is 3.60. The van der Waals surface area contributed by atoms with Crippen molar-refractivity contribution >= 4 is 16.7 Å². The van der Waals surface area contributed by atoms with Gasteiger partial charge in [0.1, 0.15) is 23.7 Å². The molecule has 108 valence electrons. The monoisotopic (exact) mass is 288 g/mol. The number of aryl methyl sites for hydroxylation is 3. The number of hydrogen-bond acceptors (Lipinski definition) is 1. The van der Waals surface area contributed by atoms with Gasteiger partial charge in [0.2, 0.25) is 5.69 Å². The molecule has 0 radical (unpaired) electrons. The van der Waals surface area contributed by atoms with E-state index in [1.807, 2.05) is 18.2 Å². The maximum absolute atomic E-state index is 4.74. The molecule has 3 heteroatoms. The number of pyridine rings is 2. The van der Waals surface area contributed by atoms with Crippen molar-refractivity contribution in [2.45, 2.75) is 13.8 Å². The summed E-state index contributed by atoms with van der Waals surface area (Å²) in [5.74, 6) is 0. The van der Waals surface area contributed by atoms with Gasteiger partial charge < -0.3 is 0 Å². The quantitative estimate of drug-likeness (QED) is 0.490. The lowest BCUT2D eigenvalue weighted by molar-refractivity contribution is -0.659. The lowest BCUT2D eigenvalue weighted by Gasteiger charge is -2.07. The summed E-state index contributed by atoms with van der Waals surface area (Å²) in [6, 6.07) is 14.8. The Bertz CT molecular complexity index is 1010. The fourth-order valence-corrected chi connectivity index (χ4v) is 3.19. The zero-order valence-electron chi connectivity index (χ0n) is 13.0. The van der Waals surface area contributed by atoms with Crippen molar-refractivity contribution in [3.63, 3.8) is 0 Å². The van der Waals surface area contributed by atoms with Crippen LogP contribution >= 0.6 is 0 Å². The van der Waals surface area contributed by atoms with E-state index in [4.69, 9.17) is 4.98 Å². The third kappa shape index (κ3) is 1.82. The van der Waals surface area contributed by atoms with Crippen molar-refractivity contribution in [3.05, 3.63) is 66.0 Å². The molecule has 0 saturated heterocycles. The second-order valence-corrected chi connectivity index (χ2v) is 5.87. The number of hydrogen-bond donors (Lipinski definition) is 0. The number of rotatable bonds is 1. The Kier molecular flexibility index (Phi) is 2.76. The van der Waals surface area contributed by atoms with E-state index in [9.17, 15) is 0 Å². The van der Waals surface area contributed by atoms with E-state index in [1.165, 1.54) is 22.4 Å². The normalized spacial score (nSPS) is 11.4. The van der Waals surface area contributed by atoms with Gasteiger partial charge in [0.05, 0.1) is 5.56 Å². The zero-order valence-corrected chi connectivity index (χ0v) is 13.0. The number of benzene rings is 1. The van der Waals surface area contributed by atoms with Gasteiger partial charge in [-0.25, -0.2) is 4.98 Å². The molecule has 4 aromatic rings. The Morgan fingerprint density at radius 3 is 2.73 bits per heavy atom. The molecular formula is C19H18N3+. The number of nitrogens with zero attached hydrogens (tertiary/aromatic N) is 3. The first-order valence-electron chi connectivity index (χ1n) is 7.48. The van der Waals surface area contributed by atoms with Crippen molar-refractivity contribution in [3.8, 4) is 11.3 Å². The van der Waals surface area contributed by atoms with Gasteiger partial charge in [-0.15, -0.1) is 0 Å². The van der Waals surface area contributed by atoms with Crippen LogP contribution in [-0.4, -0.2) is 9.38 Å². The van der Waals surface area contributed by atoms with Gasteiger partial charge in [0.15, 0.2) is 6.20 Å². The van der Waals surface area contributed by atoms with Crippen LogP contribution in [0.25, 0.3) is 27.9 Å². The zero-order chi connectivity index (χ0) is 15.3.